The van der Waals surface area contributed by atoms with E-state index in [2.05, 4.69) is 25.9 Å². The number of quaternary nitrogens is 2. The van der Waals surface area contributed by atoms with Gasteiger partial charge in [0.25, 0.3) is 0 Å². The highest BCUT2D eigenvalue weighted by Gasteiger charge is 2.44. The SMILES string of the molecule is COc1ccc(CC2c3c(cc(OC)c(OC)c3OC)CC[N+]2(C)CCCOC(=O)C#CC(=O)OCCC[N+]2(C)CCc3cc(OC)c(OC)cc3C2c2cc(OC)c(OC)c(OC)c2)cc1OC. The number of nitrogens with zero attached hydrogens (tertiary/aromatic N) is 2. The molecule has 4 aromatic rings. The minimum absolute atomic E-state index is 0.0739. The van der Waals surface area contributed by atoms with Gasteiger partial charge in [0.1, 0.15) is 12.1 Å². The number of carbonyl (C=O) groups is 2. The van der Waals surface area contributed by atoms with Gasteiger partial charge >= 0.3 is 11.9 Å². The number of esters is 2. The van der Waals surface area contributed by atoms with Gasteiger partial charge in [-0.1, -0.05) is 6.07 Å². The third-order valence-electron chi connectivity index (χ3n) is 13.6. The Morgan fingerprint density at radius 2 is 1.00 bits per heavy atom. The molecule has 0 bridgehead atoms. The highest BCUT2D eigenvalue weighted by Crippen LogP contribution is 2.51. The predicted octanol–water partition coefficient (Wildman–Crippen LogP) is 6.72. The summed E-state index contributed by atoms with van der Waals surface area (Å²) in [5, 5.41) is 0. The summed E-state index contributed by atoms with van der Waals surface area (Å²) in [4.78, 5) is 25.6. The van der Waals surface area contributed by atoms with Crippen LogP contribution in [-0.4, -0.2) is 145 Å². The van der Waals surface area contributed by atoms with Crippen LogP contribution in [0.3, 0.4) is 0 Å². The van der Waals surface area contributed by atoms with E-state index in [1.54, 1.807) is 71.1 Å². The molecule has 0 saturated carbocycles. The van der Waals surface area contributed by atoms with Crippen LogP contribution in [0, 0.1) is 11.8 Å². The lowest BCUT2D eigenvalue weighted by Crippen LogP contribution is -2.52. The van der Waals surface area contributed by atoms with Gasteiger partial charge in [-0.3, -0.25) is 0 Å². The molecule has 2 aliphatic rings. The zero-order chi connectivity index (χ0) is 49.9. The van der Waals surface area contributed by atoms with Crippen molar-refractivity contribution < 1.29 is 75.4 Å². The number of hydrogen-bond acceptors (Lipinski definition) is 14. The predicted molar refractivity (Wildman–Crippen MR) is 258 cm³/mol. The van der Waals surface area contributed by atoms with Crippen LogP contribution in [0.2, 0.25) is 0 Å². The first-order chi connectivity index (χ1) is 33.3. The summed E-state index contributed by atoms with van der Waals surface area (Å²) in [5.41, 5.74) is 6.38. The average Bonchev–Trinajstić information content (AvgIpc) is 3.37. The highest BCUT2D eigenvalue weighted by atomic mass is 16.6. The first kappa shape index (κ1) is 51.7. The number of ether oxygens (including phenoxy) is 12. The molecular formula is C53H68N2O14+2. The molecule has 0 amide bonds. The molecule has 0 aliphatic carbocycles. The number of hydrogen-bond donors (Lipinski definition) is 0. The van der Waals surface area contributed by atoms with Crippen molar-refractivity contribution in [1.29, 1.82) is 0 Å². The van der Waals surface area contributed by atoms with Crippen molar-refractivity contribution in [3.8, 4) is 69.3 Å². The van der Waals surface area contributed by atoms with Crippen LogP contribution in [0.4, 0.5) is 0 Å². The van der Waals surface area contributed by atoms with E-state index in [1.807, 2.05) is 48.5 Å². The fourth-order valence-electron chi connectivity index (χ4n) is 10.1. The monoisotopic (exact) mass is 956 g/mol. The molecule has 16 heteroatoms. The van der Waals surface area contributed by atoms with Crippen molar-refractivity contribution in [3.05, 3.63) is 81.9 Å². The Balaban J connectivity index is 1.09. The Hall–Kier alpha value is -6.70. The number of methoxy groups -OCH3 is 10. The van der Waals surface area contributed by atoms with Crippen LogP contribution >= 0.6 is 0 Å². The van der Waals surface area contributed by atoms with Crippen molar-refractivity contribution in [1.82, 2.24) is 0 Å². The van der Waals surface area contributed by atoms with E-state index >= 15 is 0 Å². The molecule has 4 aromatic carbocycles. The number of benzene rings is 4. The molecule has 0 spiro atoms. The summed E-state index contributed by atoms with van der Waals surface area (Å²) in [5.74, 6) is 8.95. The summed E-state index contributed by atoms with van der Waals surface area (Å²) in [6.07, 6.45) is 3.27. The van der Waals surface area contributed by atoms with Crippen molar-refractivity contribution in [2.75, 3.05) is 125 Å². The Morgan fingerprint density at radius 3 is 1.55 bits per heavy atom. The van der Waals surface area contributed by atoms with Gasteiger partial charge in [0.15, 0.2) is 46.0 Å². The number of likely N-dealkylation sites (N-methyl/N-ethyl adjacent to an activating group) is 2. The summed E-state index contributed by atoms with van der Waals surface area (Å²) in [7, 11) is 20.5. The van der Waals surface area contributed by atoms with Gasteiger partial charge < -0.3 is 65.8 Å². The smallest absolute Gasteiger partial charge is 0.384 e. The molecule has 2 aliphatic heterocycles. The van der Waals surface area contributed by atoms with E-state index < -0.39 is 11.9 Å². The normalized spacial score (nSPS) is 19.0. The summed E-state index contributed by atoms with van der Waals surface area (Å²) < 4.78 is 69.5. The Bertz CT molecular complexity index is 2510. The minimum Gasteiger partial charge on any atom is -0.493 e. The van der Waals surface area contributed by atoms with Crippen LogP contribution in [0.5, 0.6) is 57.5 Å². The molecule has 0 N–H and O–H groups in total. The molecule has 0 fully saturated rings. The lowest BCUT2D eigenvalue weighted by Gasteiger charge is -2.46. The topological polar surface area (TPSA) is 145 Å². The zero-order valence-corrected chi connectivity index (χ0v) is 42.2. The average molecular weight is 957 g/mol. The van der Waals surface area contributed by atoms with E-state index in [4.69, 9.17) is 56.8 Å². The molecule has 16 nitrogen and oxygen atoms in total. The number of fused-ring (bicyclic) bond motifs is 2. The third-order valence-corrected chi connectivity index (χ3v) is 13.6. The molecule has 372 valence electrons. The Morgan fingerprint density at radius 1 is 0.522 bits per heavy atom. The molecule has 4 unspecified atom stereocenters. The third kappa shape index (κ3) is 11.1. The minimum atomic E-state index is -0.805. The number of carbonyl (C=O) groups excluding carboxylic acids is 2. The lowest BCUT2D eigenvalue weighted by atomic mass is 9.85. The first-order valence-corrected chi connectivity index (χ1v) is 22.9. The fraction of sp³-hybridized carbons (Fsp3) is 0.472. The first-order valence-electron chi connectivity index (χ1n) is 22.9. The largest absolute Gasteiger partial charge is 0.493 e. The maximum atomic E-state index is 12.8. The highest BCUT2D eigenvalue weighted by molar-refractivity contribution is 5.98. The maximum Gasteiger partial charge on any atom is 0.384 e. The van der Waals surface area contributed by atoms with E-state index in [1.165, 1.54) is 0 Å². The summed E-state index contributed by atoms with van der Waals surface area (Å²) in [6, 6.07) is 15.8. The molecule has 6 rings (SSSR count). The van der Waals surface area contributed by atoms with Crippen molar-refractivity contribution in [2.45, 2.75) is 44.2 Å². The Kier molecular flexibility index (Phi) is 17.3. The van der Waals surface area contributed by atoms with Gasteiger partial charge in [0, 0.05) is 55.1 Å². The van der Waals surface area contributed by atoms with E-state index in [-0.39, 0.29) is 25.3 Å². The molecule has 69 heavy (non-hydrogen) atoms. The molecular weight excluding hydrogens is 889 g/mol. The molecule has 2 heterocycles. The Labute approximate surface area is 406 Å². The quantitative estimate of drug-likeness (QED) is 0.0287. The molecule has 4 atom stereocenters. The second-order valence-electron chi connectivity index (χ2n) is 17.5. The van der Waals surface area contributed by atoms with Gasteiger partial charge in [0.05, 0.1) is 130 Å². The molecule has 0 saturated heterocycles. The second kappa shape index (κ2) is 23.1. The molecule has 0 radical (unpaired) electrons. The number of rotatable bonds is 21. The van der Waals surface area contributed by atoms with Crippen LogP contribution in [0.1, 0.15) is 58.3 Å². The van der Waals surface area contributed by atoms with E-state index in [0.717, 1.165) is 59.3 Å². The van der Waals surface area contributed by atoms with E-state index in [9.17, 15) is 9.59 Å². The molecule has 0 aromatic heterocycles. The lowest BCUT2D eigenvalue weighted by molar-refractivity contribution is -0.941. The van der Waals surface area contributed by atoms with Gasteiger partial charge in [-0.15, -0.1) is 0 Å². The van der Waals surface area contributed by atoms with Crippen LogP contribution in [0.15, 0.2) is 48.5 Å². The zero-order valence-electron chi connectivity index (χ0n) is 42.2. The second-order valence-corrected chi connectivity index (χ2v) is 17.5. The van der Waals surface area contributed by atoms with Crippen molar-refractivity contribution in [3.63, 3.8) is 0 Å². The van der Waals surface area contributed by atoms with Crippen molar-refractivity contribution >= 4 is 11.9 Å². The van der Waals surface area contributed by atoms with Gasteiger partial charge in [-0.05, 0) is 59.2 Å². The van der Waals surface area contributed by atoms with Gasteiger partial charge in [-0.2, -0.15) is 0 Å². The van der Waals surface area contributed by atoms with E-state index in [0.29, 0.717) is 98.8 Å². The van der Waals surface area contributed by atoms with Crippen LogP contribution in [-0.2, 0) is 38.3 Å². The van der Waals surface area contributed by atoms with Crippen LogP contribution in [0.25, 0.3) is 0 Å². The maximum absolute atomic E-state index is 12.8. The summed E-state index contributed by atoms with van der Waals surface area (Å²) >= 11 is 0. The van der Waals surface area contributed by atoms with Gasteiger partial charge in [-0.25, -0.2) is 9.59 Å². The van der Waals surface area contributed by atoms with Gasteiger partial charge in [0.2, 0.25) is 11.5 Å². The van der Waals surface area contributed by atoms with Crippen molar-refractivity contribution in [2.24, 2.45) is 0 Å². The standard InChI is InChI=1S/C53H68N2O14/c1-54(23-20-36-30-46(64-9)52(66-11)53(67-12)49(36)39(54)27-34-15-16-40(58-3)41(28-34)59-4)21-13-25-68-47(56)17-18-48(57)69-26-14-22-55(2)24-19-35-29-42(60-5)43(61-6)33-38(35)50(55)37-31-44(62-7)51(65-10)45(32-37)63-8/h15-16,28-33,39,50H,13-14,19-27H2,1-12H3/q+2. The fourth-order valence-corrected chi connectivity index (χ4v) is 10.1. The van der Waals surface area contributed by atoms with Crippen LogP contribution < -0.4 is 47.4 Å². The summed E-state index contributed by atoms with van der Waals surface area (Å²) in [6.45, 7) is 3.12.